The average Bonchev–Trinajstić information content (AvgIpc) is 3.83. The molecule has 0 radical (unpaired) electrons. The van der Waals surface area contributed by atoms with Gasteiger partial charge < -0.3 is 34.7 Å². The summed E-state index contributed by atoms with van der Waals surface area (Å²) in [5.41, 5.74) is 4.96. The van der Waals surface area contributed by atoms with Crippen molar-refractivity contribution in [3.63, 3.8) is 0 Å². The number of nitrogens with one attached hydrogen (secondary N) is 2. The molecule has 21 heteroatoms. The number of halogens is 7. The standard InChI is InChI=1S/C20H22FNO4.C20H20FNO3.C19H21ClFNO2.Cl2OS.ClH.H2/c1-14(24)22-18(12-23)11-19(25)10-15-5-7-20(8-6-15)26-13-16-3-2-4-17(21)9-16;1-14-22-18(13-24-14)11-19(23)10-15-5-7-20(8-6-15)25-12-16-3-2-4-17(21)9-16;1-22-17(12-20)11-18(23)10-14-5-7-19(8-6-14)24-13-15-3-2-4-16(21)9-15;1-4(2)3;;/h2-9,18,23H,10-13H2,1H3,(H,22,24);2-9,18H,10-13H2,1H3;2-9,17,22H,10-13H2,1H3;;2*1H/i;;;;;1+1. The number of ether oxygens (including phenoxy) is 4. The molecular formula is C59H66Cl4F3N3O10S. The minimum absolute atomic E-state index is 0. The third kappa shape index (κ3) is 28.7. The molecule has 6 aromatic rings. The molecule has 3 atom stereocenters. The van der Waals surface area contributed by atoms with Crippen LogP contribution >= 0.6 is 45.4 Å². The first-order valence-electron chi connectivity index (χ1n) is 24.8. The van der Waals surface area contributed by atoms with Crippen molar-refractivity contribution in [3.05, 3.63) is 196 Å². The van der Waals surface area contributed by atoms with Crippen molar-refractivity contribution < 1.29 is 62.0 Å². The van der Waals surface area contributed by atoms with Gasteiger partial charge in [0.2, 0.25) is 15.1 Å². The smallest absolute Gasteiger partial charge is 0.217 e. The van der Waals surface area contributed by atoms with Gasteiger partial charge in [0.15, 0.2) is 5.90 Å². The van der Waals surface area contributed by atoms with Crippen LogP contribution in [0.2, 0.25) is 0 Å². The van der Waals surface area contributed by atoms with E-state index in [1.165, 1.54) is 43.3 Å². The fourth-order valence-corrected chi connectivity index (χ4v) is 7.80. The molecule has 1 amide bonds. The molecule has 432 valence electrons. The van der Waals surface area contributed by atoms with Crippen molar-refractivity contribution in [3.8, 4) is 17.2 Å². The van der Waals surface area contributed by atoms with Gasteiger partial charge in [-0.15, -0.1) is 24.0 Å². The van der Waals surface area contributed by atoms with Crippen LogP contribution in [0.25, 0.3) is 0 Å². The summed E-state index contributed by atoms with van der Waals surface area (Å²) in [6.07, 6.45) is 1.84. The van der Waals surface area contributed by atoms with Gasteiger partial charge in [0.25, 0.3) is 0 Å². The number of aliphatic hydroxyl groups excluding tert-OH is 1. The van der Waals surface area contributed by atoms with E-state index in [1.54, 1.807) is 62.5 Å². The number of aliphatic imine (C=N–C) groups is 1. The number of amides is 1. The molecule has 3 unspecified atom stereocenters. The maximum absolute atomic E-state index is 13.1. The zero-order valence-corrected chi connectivity index (χ0v) is 48.1. The Hall–Kier alpha value is -6.31. The molecule has 0 saturated carbocycles. The van der Waals surface area contributed by atoms with Gasteiger partial charge in [-0.3, -0.25) is 19.2 Å². The molecule has 1 aliphatic heterocycles. The van der Waals surface area contributed by atoms with Gasteiger partial charge in [-0.05, 0) is 113 Å². The van der Waals surface area contributed by atoms with E-state index in [1.807, 2.05) is 60.7 Å². The van der Waals surface area contributed by atoms with Crippen molar-refractivity contribution in [2.75, 3.05) is 26.1 Å². The average molecular weight is 1210 g/mol. The summed E-state index contributed by atoms with van der Waals surface area (Å²) in [4.78, 5) is 51.5. The molecule has 80 heavy (non-hydrogen) atoms. The minimum atomic E-state index is -1.67. The summed E-state index contributed by atoms with van der Waals surface area (Å²) >= 11 is 5.78. The van der Waals surface area contributed by atoms with Gasteiger partial charge in [0.05, 0.1) is 18.7 Å². The van der Waals surface area contributed by atoms with Crippen LogP contribution in [0.1, 0.15) is 67.9 Å². The number of Topliss-reactive ketones (excluding diaryl/α,β-unsaturated/α-hetero) is 3. The molecule has 1 heterocycles. The highest BCUT2D eigenvalue weighted by Crippen LogP contribution is 2.20. The zero-order valence-electron chi connectivity index (χ0n) is 44.2. The van der Waals surface area contributed by atoms with Gasteiger partial charge in [0, 0.05) is 87.1 Å². The topological polar surface area (TPSA) is 179 Å². The van der Waals surface area contributed by atoms with E-state index < -0.39 is 15.3 Å². The molecule has 7 rings (SSSR count). The highest BCUT2D eigenvalue weighted by molar-refractivity contribution is 8.26. The van der Waals surface area contributed by atoms with Gasteiger partial charge in [-0.1, -0.05) is 72.8 Å². The maximum Gasteiger partial charge on any atom is 0.217 e. The Morgan fingerprint density at radius 1 is 0.650 bits per heavy atom. The van der Waals surface area contributed by atoms with E-state index >= 15 is 0 Å². The lowest BCUT2D eigenvalue weighted by molar-refractivity contribution is -0.122. The van der Waals surface area contributed by atoms with E-state index in [0.29, 0.717) is 74.5 Å². The van der Waals surface area contributed by atoms with Crippen LogP contribution in [0.15, 0.2) is 151 Å². The lowest BCUT2D eigenvalue weighted by atomic mass is 10.0. The SMILES string of the molecule is CC(=O)NC(CO)CC(=O)Cc1ccc(OCc2cccc(F)c2)cc1.CC1=NC(CC(=O)Cc2ccc(OCc3cccc(F)c3)cc2)CO1.CNC(CCl)CC(=O)Cc1ccc(OCc2cccc(F)c2)cc1.Cl.O=S(Cl)Cl.[2HH]. The fourth-order valence-electron chi connectivity index (χ4n) is 7.54. The molecule has 3 N–H and O–H groups in total. The van der Waals surface area contributed by atoms with Crippen LogP contribution in [-0.2, 0) is 72.2 Å². The number of ketones is 3. The first kappa shape index (κ1) is 68.0. The number of alkyl halides is 1. The van der Waals surface area contributed by atoms with Crippen LogP contribution in [0.5, 0.6) is 17.2 Å². The maximum atomic E-state index is 13.1. The van der Waals surface area contributed by atoms with Crippen LogP contribution in [0, 0.1) is 17.5 Å². The number of nitrogens with zero attached hydrogens (tertiary/aromatic N) is 1. The summed E-state index contributed by atoms with van der Waals surface area (Å²) < 4.78 is 70.6. The monoisotopic (exact) mass is 1210 g/mol. The number of benzene rings is 6. The number of carbonyl (C=O) groups is 4. The molecule has 0 saturated heterocycles. The minimum Gasteiger partial charge on any atom is -0.489 e. The third-order valence-corrected chi connectivity index (χ3v) is 11.7. The van der Waals surface area contributed by atoms with Crippen LogP contribution in [0.4, 0.5) is 13.2 Å². The molecule has 0 spiro atoms. The molecule has 0 fully saturated rings. The van der Waals surface area contributed by atoms with Gasteiger partial charge in [-0.2, -0.15) is 0 Å². The van der Waals surface area contributed by atoms with Crippen molar-refractivity contribution >= 4 is 83.8 Å². The second kappa shape index (κ2) is 37.6. The van der Waals surface area contributed by atoms with Crippen molar-refractivity contribution in [1.82, 2.24) is 10.6 Å². The van der Waals surface area contributed by atoms with Gasteiger partial charge in [-0.25, -0.2) is 22.4 Å². The number of hydrogen-bond acceptors (Lipinski definition) is 12. The van der Waals surface area contributed by atoms with Crippen LogP contribution < -0.4 is 24.8 Å². The zero-order chi connectivity index (χ0) is 57.5. The van der Waals surface area contributed by atoms with E-state index in [9.17, 15) is 37.5 Å². The number of rotatable bonds is 25. The van der Waals surface area contributed by atoms with E-state index in [0.717, 1.165) is 33.4 Å². The summed E-state index contributed by atoms with van der Waals surface area (Å²) in [7, 11) is 9.15. The fraction of sp³-hybridized carbons (Fsp3) is 0.305. The summed E-state index contributed by atoms with van der Waals surface area (Å²) in [6, 6.07) is 40.1. The molecule has 0 aromatic heterocycles. The Morgan fingerprint density at radius 3 is 1.31 bits per heavy atom. The molecular weight excluding hydrogens is 1140 g/mol. The van der Waals surface area contributed by atoms with Crippen molar-refractivity contribution in [2.45, 2.75) is 90.3 Å². The highest BCUT2D eigenvalue weighted by Gasteiger charge is 2.20. The molecule has 6 aromatic carbocycles. The van der Waals surface area contributed by atoms with Crippen molar-refractivity contribution in [1.29, 1.82) is 0 Å². The summed E-state index contributed by atoms with van der Waals surface area (Å²) in [5, 5.41) is 14.7. The summed E-state index contributed by atoms with van der Waals surface area (Å²) in [5.74, 6) is 2.12. The van der Waals surface area contributed by atoms with Crippen LogP contribution in [0.3, 0.4) is 0 Å². The predicted molar refractivity (Wildman–Crippen MR) is 312 cm³/mol. The highest BCUT2D eigenvalue weighted by atomic mass is 36.0. The van der Waals surface area contributed by atoms with E-state index in [-0.39, 0.29) is 92.7 Å². The Bertz CT molecular complexity index is 2910. The van der Waals surface area contributed by atoms with Gasteiger partial charge >= 0.3 is 0 Å². The Kier molecular flexibility index (Phi) is 31.9. The third-order valence-electron chi connectivity index (χ3n) is 11.3. The molecule has 13 nitrogen and oxygen atoms in total. The Balaban J connectivity index is 0.000000396. The Morgan fingerprint density at radius 2 is 1.01 bits per heavy atom. The number of carbonyl (C=O) groups excluding carboxylic acids is 4. The van der Waals surface area contributed by atoms with Crippen molar-refractivity contribution in [2.24, 2.45) is 4.99 Å². The van der Waals surface area contributed by atoms with Crippen LogP contribution in [-0.4, -0.2) is 82.7 Å². The number of hydrogen-bond donors (Lipinski definition) is 3. The lowest BCUT2D eigenvalue weighted by Gasteiger charge is -2.14. The molecule has 0 aliphatic carbocycles. The lowest BCUT2D eigenvalue weighted by Crippen LogP contribution is -2.37. The second-order valence-corrected chi connectivity index (χ2v) is 20.8. The molecule has 0 bridgehead atoms. The van der Waals surface area contributed by atoms with E-state index in [4.69, 9.17) is 34.8 Å². The number of aliphatic hydroxyl groups is 1. The first-order valence-corrected chi connectivity index (χ1v) is 28.2. The first-order chi connectivity index (χ1) is 37.9. The normalized spacial score (nSPS) is 12.9. The molecule has 1 aliphatic rings. The van der Waals surface area contributed by atoms with E-state index in [2.05, 4.69) is 37.0 Å². The largest absolute Gasteiger partial charge is 0.489 e. The van der Waals surface area contributed by atoms with Gasteiger partial charge in [0.1, 0.15) is 78.5 Å². The Labute approximate surface area is 488 Å². The summed E-state index contributed by atoms with van der Waals surface area (Å²) in [6.45, 7) is 4.21. The second-order valence-electron chi connectivity index (χ2n) is 18.0. The quantitative estimate of drug-likeness (QED) is 0.0367. The predicted octanol–water partition coefficient (Wildman–Crippen LogP) is 11.6.